The number of hydrogen-bond acceptors (Lipinski definition) is 3. The molecule has 108 valence electrons. The molecule has 0 unspecified atom stereocenters. The topological polar surface area (TPSA) is 75.4 Å². The van der Waals surface area contributed by atoms with Crippen LogP contribution in [0, 0.1) is 0 Å². The van der Waals surface area contributed by atoms with Crippen LogP contribution in [0.15, 0.2) is 18.2 Å². The van der Waals surface area contributed by atoms with Gasteiger partial charge in [0.2, 0.25) is 5.91 Å². The van der Waals surface area contributed by atoms with Gasteiger partial charge in [-0.25, -0.2) is 0 Å². The lowest BCUT2D eigenvalue weighted by molar-refractivity contribution is -0.129. The zero-order valence-corrected chi connectivity index (χ0v) is 12.2. The first-order valence-electron chi connectivity index (χ1n) is 6.24. The summed E-state index contributed by atoms with van der Waals surface area (Å²) in [6, 6.07) is 4.60. The third kappa shape index (κ3) is 3.62. The lowest BCUT2D eigenvalue weighted by Gasteiger charge is -2.16. The first-order chi connectivity index (χ1) is 9.47. The van der Waals surface area contributed by atoms with Gasteiger partial charge in [0, 0.05) is 24.7 Å². The van der Waals surface area contributed by atoms with Crippen LogP contribution >= 0.6 is 23.2 Å². The molecule has 0 aromatic heterocycles. The summed E-state index contributed by atoms with van der Waals surface area (Å²) in [5.74, 6) is -0.494. The summed E-state index contributed by atoms with van der Waals surface area (Å²) in [6.07, 6.45) is 0.798. The van der Waals surface area contributed by atoms with E-state index in [1.165, 1.54) is 6.07 Å². The minimum atomic E-state index is -0.361. The van der Waals surface area contributed by atoms with Gasteiger partial charge in [-0.15, -0.1) is 0 Å². The average molecular weight is 316 g/mol. The predicted molar refractivity (Wildman–Crippen MR) is 78.0 cm³/mol. The van der Waals surface area contributed by atoms with Crippen molar-refractivity contribution in [1.29, 1.82) is 0 Å². The molecule has 3 N–H and O–H groups in total. The second-order valence-corrected chi connectivity index (χ2v) is 5.51. The van der Waals surface area contributed by atoms with Crippen molar-refractivity contribution in [2.75, 3.05) is 19.6 Å². The van der Waals surface area contributed by atoms with Gasteiger partial charge in [0.1, 0.15) is 0 Å². The fraction of sp³-hybridized carbons (Fsp3) is 0.385. The molecule has 1 aliphatic rings. The van der Waals surface area contributed by atoms with Gasteiger partial charge < -0.3 is 16.0 Å². The van der Waals surface area contributed by atoms with Gasteiger partial charge in [0.15, 0.2) is 0 Å². The quantitative estimate of drug-likeness (QED) is 0.882. The van der Waals surface area contributed by atoms with E-state index in [-0.39, 0.29) is 24.4 Å². The summed E-state index contributed by atoms with van der Waals surface area (Å²) in [6.45, 7) is 1.13. The number of nitrogens with zero attached hydrogens (tertiary/aromatic N) is 1. The molecule has 20 heavy (non-hydrogen) atoms. The van der Waals surface area contributed by atoms with E-state index in [0.29, 0.717) is 28.7 Å². The highest BCUT2D eigenvalue weighted by Crippen LogP contribution is 2.22. The summed E-state index contributed by atoms with van der Waals surface area (Å²) in [7, 11) is 0. The maximum absolute atomic E-state index is 11.9. The van der Waals surface area contributed by atoms with Gasteiger partial charge in [-0.3, -0.25) is 9.59 Å². The van der Waals surface area contributed by atoms with E-state index in [2.05, 4.69) is 5.32 Å². The number of halogens is 2. The highest BCUT2D eigenvalue weighted by atomic mass is 35.5. The van der Waals surface area contributed by atoms with Crippen molar-refractivity contribution in [3.05, 3.63) is 33.8 Å². The van der Waals surface area contributed by atoms with Crippen molar-refractivity contribution in [1.82, 2.24) is 10.2 Å². The summed E-state index contributed by atoms with van der Waals surface area (Å²) >= 11 is 11.6. The zero-order valence-electron chi connectivity index (χ0n) is 10.7. The Balaban J connectivity index is 1.88. The molecule has 0 spiro atoms. The second-order valence-electron chi connectivity index (χ2n) is 4.70. The standard InChI is InChI=1S/C13H15Cl2N3O2/c14-10-2-1-8(5-11(10)15)13(20)17-6-12(19)18-4-3-9(16)7-18/h1-2,5,9H,3-4,6-7,16H2,(H,17,20)/t9-/m1/s1. The molecule has 1 fully saturated rings. The number of likely N-dealkylation sites (tertiary alicyclic amines) is 1. The van der Waals surface area contributed by atoms with Crippen LogP contribution in [0.5, 0.6) is 0 Å². The Bertz CT molecular complexity index is 536. The van der Waals surface area contributed by atoms with Crippen molar-refractivity contribution in [2.45, 2.75) is 12.5 Å². The zero-order chi connectivity index (χ0) is 14.7. The summed E-state index contributed by atoms with van der Waals surface area (Å²) in [5, 5.41) is 3.25. The number of benzene rings is 1. The normalized spacial score (nSPS) is 18.1. The molecule has 0 radical (unpaired) electrons. The van der Waals surface area contributed by atoms with Crippen LogP contribution < -0.4 is 11.1 Å². The Hall–Kier alpha value is -1.30. The van der Waals surface area contributed by atoms with E-state index in [4.69, 9.17) is 28.9 Å². The molecule has 0 bridgehead atoms. The Labute approximate surface area is 127 Å². The van der Waals surface area contributed by atoms with Crippen LogP contribution in [0.4, 0.5) is 0 Å². The average Bonchev–Trinajstić information content (AvgIpc) is 2.85. The smallest absolute Gasteiger partial charge is 0.251 e. The van der Waals surface area contributed by atoms with Crippen molar-refractivity contribution >= 4 is 35.0 Å². The van der Waals surface area contributed by atoms with E-state index >= 15 is 0 Å². The van der Waals surface area contributed by atoms with Gasteiger partial charge in [0.05, 0.1) is 16.6 Å². The summed E-state index contributed by atoms with van der Waals surface area (Å²) in [4.78, 5) is 25.4. The SMILES string of the molecule is N[C@@H]1CCN(C(=O)CNC(=O)c2ccc(Cl)c(Cl)c2)C1. The molecule has 1 atom stereocenters. The van der Waals surface area contributed by atoms with Crippen molar-refractivity contribution in [3.8, 4) is 0 Å². The third-order valence-corrected chi connectivity index (χ3v) is 3.90. The summed E-state index contributed by atoms with van der Waals surface area (Å²) in [5.41, 5.74) is 6.10. The largest absolute Gasteiger partial charge is 0.343 e. The van der Waals surface area contributed by atoms with Gasteiger partial charge >= 0.3 is 0 Å². The molecule has 2 rings (SSSR count). The van der Waals surface area contributed by atoms with Crippen LogP contribution in [-0.2, 0) is 4.79 Å². The van der Waals surface area contributed by atoms with Crippen LogP contribution in [0.3, 0.4) is 0 Å². The van der Waals surface area contributed by atoms with Gasteiger partial charge in [-0.05, 0) is 24.6 Å². The minimum absolute atomic E-state index is 0.0322. The van der Waals surface area contributed by atoms with E-state index in [0.717, 1.165) is 6.42 Å². The number of carbonyl (C=O) groups is 2. The first kappa shape index (κ1) is 15.1. The van der Waals surface area contributed by atoms with E-state index in [1.54, 1.807) is 17.0 Å². The number of nitrogens with two attached hydrogens (primary N) is 1. The van der Waals surface area contributed by atoms with E-state index in [1.807, 2.05) is 0 Å². The Morgan fingerprint density at radius 1 is 1.35 bits per heavy atom. The molecule has 2 amide bonds. The first-order valence-corrected chi connectivity index (χ1v) is 6.99. The van der Waals surface area contributed by atoms with E-state index in [9.17, 15) is 9.59 Å². The highest BCUT2D eigenvalue weighted by Gasteiger charge is 2.23. The van der Waals surface area contributed by atoms with Crippen molar-refractivity contribution < 1.29 is 9.59 Å². The number of amides is 2. The molecule has 0 saturated carbocycles. The maximum Gasteiger partial charge on any atom is 0.251 e. The van der Waals surface area contributed by atoms with Gasteiger partial charge in [-0.2, -0.15) is 0 Å². The Morgan fingerprint density at radius 3 is 2.70 bits per heavy atom. The molecule has 5 nitrogen and oxygen atoms in total. The number of hydrogen-bond donors (Lipinski definition) is 2. The number of rotatable bonds is 3. The molecule has 1 aromatic carbocycles. The minimum Gasteiger partial charge on any atom is -0.343 e. The van der Waals surface area contributed by atoms with Gasteiger partial charge in [0.25, 0.3) is 5.91 Å². The molecule has 1 heterocycles. The Morgan fingerprint density at radius 2 is 2.10 bits per heavy atom. The molecular weight excluding hydrogens is 301 g/mol. The molecule has 1 saturated heterocycles. The number of nitrogens with one attached hydrogen (secondary N) is 1. The fourth-order valence-electron chi connectivity index (χ4n) is 2.02. The fourth-order valence-corrected chi connectivity index (χ4v) is 2.32. The molecule has 1 aliphatic heterocycles. The highest BCUT2D eigenvalue weighted by molar-refractivity contribution is 6.42. The lowest BCUT2D eigenvalue weighted by Crippen LogP contribution is -2.40. The van der Waals surface area contributed by atoms with E-state index < -0.39 is 0 Å². The third-order valence-electron chi connectivity index (χ3n) is 3.16. The van der Waals surface area contributed by atoms with Gasteiger partial charge in [-0.1, -0.05) is 23.2 Å². The van der Waals surface area contributed by atoms with Crippen LogP contribution in [0.1, 0.15) is 16.8 Å². The van der Waals surface area contributed by atoms with Crippen LogP contribution in [0.25, 0.3) is 0 Å². The number of carbonyl (C=O) groups excluding carboxylic acids is 2. The molecular formula is C13H15Cl2N3O2. The van der Waals surface area contributed by atoms with Crippen LogP contribution in [-0.4, -0.2) is 42.4 Å². The van der Waals surface area contributed by atoms with Crippen molar-refractivity contribution in [3.63, 3.8) is 0 Å². The van der Waals surface area contributed by atoms with Crippen LogP contribution in [0.2, 0.25) is 10.0 Å². The molecule has 1 aromatic rings. The maximum atomic E-state index is 11.9. The molecule has 7 heteroatoms. The summed E-state index contributed by atoms with van der Waals surface area (Å²) < 4.78 is 0. The molecule has 0 aliphatic carbocycles. The monoisotopic (exact) mass is 315 g/mol. The lowest BCUT2D eigenvalue weighted by atomic mass is 10.2. The van der Waals surface area contributed by atoms with Crippen molar-refractivity contribution in [2.24, 2.45) is 5.73 Å². The predicted octanol–water partition coefficient (Wildman–Crippen LogP) is 1.28. The Kier molecular flexibility index (Phi) is 4.86. The second kappa shape index (κ2) is 6.43.